The van der Waals surface area contributed by atoms with Gasteiger partial charge in [0.2, 0.25) is 5.78 Å². The molecule has 19 heavy (non-hydrogen) atoms. The van der Waals surface area contributed by atoms with E-state index in [1.165, 1.54) is 12.1 Å². The average molecular weight is 261 g/mol. The van der Waals surface area contributed by atoms with Crippen LogP contribution in [0.3, 0.4) is 0 Å². The van der Waals surface area contributed by atoms with Gasteiger partial charge in [0.25, 0.3) is 0 Å². The monoisotopic (exact) mass is 261 g/mol. The van der Waals surface area contributed by atoms with Crippen molar-refractivity contribution in [2.45, 2.75) is 13.8 Å². The van der Waals surface area contributed by atoms with Crippen LogP contribution in [0.4, 0.5) is 4.39 Å². The Morgan fingerprint density at radius 1 is 1.32 bits per heavy atom. The van der Waals surface area contributed by atoms with Gasteiger partial charge in [0, 0.05) is 24.0 Å². The van der Waals surface area contributed by atoms with E-state index in [0.29, 0.717) is 5.56 Å². The summed E-state index contributed by atoms with van der Waals surface area (Å²) in [6.45, 7) is 3.65. The van der Waals surface area contributed by atoms with Gasteiger partial charge in [0.15, 0.2) is 18.2 Å². The van der Waals surface area contributed by atoms with E-state index < -0.39 is 5.82 Å². The second-order valence-corrected chi connectivity index (χ2v) is 4.49. The summed E-state index contributed by atoms with van der Waals surface area (Å²) in [6.07, 6.45) is 0. The summed E-state index contributed by atoms with van der Waals surface area (Å²) in [5.74, 6) is -0.512. The summed E-state index contributed by atoms with van der Waals surface area (Å²) in [4.78, 5) is 12.1. The van der Waals surface area contributed by atoms with E-state index in [1.807, 2.05) is 31.5 Å². The molecule has 2 aromatic rings. The standard InChI is InChI=1S/C15H16FNO2/c1-10-8-12(11(2)17(10)3)14(18)9-19-15-7-5-4-6-13(15)16/h4-8H,9H2,1-3H3. The molecule has 0 aliphatic rings. The van der Waals surface area contributed by atoms with Crippen LogP contribution in [0.15, 0.2) is 30.3 Å². The van der Waals surface area contributed by atoms with Gasteiger partial charge in [-0.1, -0.05) is 12.1 Å². The third-order valence-electron chi connectivity index (χ3n) is 3.27. The molecule has 1 aromatic carbocycles. The molecule has 0 bridgehead atoms. The van der Waals surface area contributed by atoms with Gasteiger partial charge in [-0.2, -0.15) is 0 Å². The minimum atomic E-state index is -0.462. The largest absolute Gasteiger partial charge is 0.482 e. The molecule has 0 saturated heterocycles. The van der Waals surface area contributed by atoms with E-state index in [2.05, 4.69) is 0 Å². The second kappa shape index (κ2) is 5.26. The van der Waals surface area contributed by atoms with E-state index in [4.69, 9.17) is 4.74 Å². The predicted molar refractivity (Wildman–Crippen MR) is 71.1 cm³/mol. The van der Waals surface area contributed by atoms with Crippen LogP contribution in [0, 0.1) is 19.7 Å². The number of rotatable bonds is 4. The normalized spacial score (nSPS) is 10.5. The Morgan fingerprint density at radius 3 is 2.58 bits per heavy atom. The number of hydrogen-bond donors (Lipinski definition) is 0. The zero-order valence-electron chi connectivity index (χ0n) is 11.2. The van der Waals surface area contributed by atoms with Gasteiger partial charge < -0.3 is 9.30 Å². The zero-order valence-corrected chi connectivity index (χ0v) is 11.2. The van der Waals surface area contributed by atoms with Crippen molar-refractivity contribution < 1.29 is 13.9 Å². The number of aryl methyl sites for hydroxylation is 1. The summed E-state index contributed by atoms with van der Waals surface area (Å²) in [5.41, 5.74) is 2.52. The lowest BCUT2D eigenvalue weighted by Crippen LogP contribution is -2.13. The zero-order chi connectivity index (χ0) is 14.0. The van der Waals surface area contributed by atoms with Crippen LogP contribution in [-0.2, 0) is 7.05 Å². The Kier molecular flexibility index (Phi) is 3.69. The molecule has 100 valence electrons. The molecular formula is C15H16FNO2. The van der Waals surface area contributed by atoms with E-state index in [-0.39, 0.29) is 18.1 Å². The Morgan fingerprint density at radius 2 is 2.00 bits per heavy atom. The third-order valence-corrected chi connectivity index (χ3v) is 3.27. The fourth-order valence-corrected chi connectivity index (χ4v) is 1.92. The minimum Gasteiger partial charge on any atom is -0.482 e. The number of carbonyl (C=O) groups is 1. The van der Waals surface area contributed by atoms with Gasteiger partial charge in [-0.15, -0.1) is 0 Å². The summed E-state index contributed by atoms with van der Waals surface area (Å²) in [7, 11) is 1.90. The van der Waals surface area contributed by atoms with Gasteiger partial charge in [-0.3, -0.25) is 4.79 Å². The highest BCUT2D eigenvalue weighted by Gasteiger charge is 2.15. The highest BCUT2D eigenvalue weighted by Crippen LogP contribution is 2.17. The number of ether oxygens (including phenoxy) is 1. The number of Topliss-reactive ketones (excluding diaryl/α,β-unsaturated/α-hetero) is 1. The van der Waals surface area contributed by atoms with Crippen molar-refractivity contribution in [3.05, 3.63) is 53.1 Å². The summed E-state index contributed by atoms with van der Waals surface area (Å²) in [6, 6.07) is 7.88. The molecule has 0 spiro atoms. The lowest BCUT2D eigenvalue weighted by atomic mass is 10.1. The molecule has 0 aliphatic carbocycles. The Hall–Kier alpha value is -2.10. The van der Waals surface area contributed by atoms with Crippen LogP contribution in [0.25, 0.3) is 0 Å². The molecule has 1 aromatic heterocycles. The summed E-state index contributed by atoms with van der Waals surface area (Å²) >= 11 is 0. The first-order valence-corrected chi connectivity index (χ1v) is 6.04. The molecule has 0 unspecified atom stereocenters. The molecule has 0 saturated carbocycles. The van der Waals surface area contributed by atoms with Crippen LogP contribution in [0.5, 0.6) is 5.75 Å². The Labute approximate surface area is 111 Å². The molecule has 2 rings (SSSR count). The molecule has 3 nitrogen and oxygen atoms in total. The molecule has 0 radical (unpaired) electrons. The number of ketones is 1. The van der Waals surface area contributed by atoms with Crippen LogP contribution in [-0.4, -0.2) is 17.0 Å². The Bertz CT molecular complexity index is 617. The minimum absolute atomic E-state index is 0.0983. The lowest BCUT2D eigenvalue weighted by Gasteiger charge is -2.06. The predicted octanol–water partition coefficient (Wildman–Crippen LogP) is 3.04. The average Bonchev–Trinajstić information content (AvgIpc) is 2.65. The SMILES string of the molecule is Cc1cc(C(=O)COc2ccccc2F)c(C)n1C. The van der Waals surface area contributed by atoms with Crippen molar-refractivity contribution >= 4 is 5.78 Å². The quantitative estimate of drug-likeness (QED) is 0.792. The number of benzene rings is 1. The molecular weight excluding hydrogens is 245 g/mol. The third kappa shape index (κ3) is 2.67. The first-order chi connectivity index (χ1) is 9.00. The van der Waals surface area contributed by atoms with Crippen molar-refractivity contribution in [2.75, 3.05) is 6.61 Å². The fraction of sp³-hybridized carbons (Fsp3) is 0.267. The highest BCUT2D eigenvalue weighted by atomic mass is 19.1. The second-order valence-electron chi connectivity index (χ2n) is 4.49. The number of halogens is 1. The number of hydrogen-bond acceptors (Lipinski definition) is 2. The van der Waals surface area contributed by atoms with E-state index >= 15 is 0 Å². The number of carbonyl (C=O) groups excluding carboxylic acids is 1. The number of nitrogens with zero attached hydrogens (tertiary/aromatic N) is 1. The van der Waals surface area contributed by atoms with Crippen molar-refractivity contribution in [1.82, 2.24) is 4.57 Å². The molecule has 0 atom stereocenters. The van der Waals surface area contributed by atoms with Crippen molar-refractivity contribution in [3.63, 3.8) is 0 Å². The van der Waals surface area contributed by atoms with Crippen molar-refractivity contribution in [2.24, 2.45) is 7.05 Å². The molecule has 0 amide bonds. The lowest BCUT2D eigenvalue weighted by molar-refractivity contribution is 0.0918. The van der Waals surface area contributed by atoms with Crippen molar-refractivity contribution in [3.8, 4) is 5.75 Å². The first kappa shape index (κ1) is 13.3. The number of para-hydroxylation sites is 1. The topological polar surface area (TPSA) is 31.2 Å². The molecule has 0 fully saturated rings. The fourth-order valence-electron chi connectivity index (χ4n) is 1.92. The van der Waals surface area contributed by atoms with Gasteiger partial charge in [-0.25, -0.2) is 4.39 Å². The van der Waals surface area contributed by atoms with Gasteiger partial charge >= 0.3 is 0 Å². The molecule has 1 heterocycles. The molecule has 4 heteroatoms. The van der Waals surface area contributed by atoms with E-state index in [9.17, 15) is 9.18 Å². The van der Waals surface area contributed by atoms with Crippen molar-refractivity contribution in [1.29, 1.82) is 0 Å². The summed E-state index contributed by atoms with van der Waals surface area (Å²) in [5, 5.41) is 0. The molecule has 0 aliphatic heterocycles. The van der Waals surface area contributed by atoms with Crippen LogP contribution < -0.4 is 4.74 Å². The molecule has 0 N–H and O–H groups in total. The van der Waals surface area contributed by atoms with Gasteiger partial charge in [0.1, 0.15) is 0 Å². The van der Waals surface area contributed by atoms with Crippen LogP contribution >= 0.6 is 0 Å². The maximum Gasteiger partial charge on any atom is 0.202 e. The van der Waals surface area contributed by atoms with E-state index in [0.717, 1.165) is 11.4 Å². The summed E-state index contributed by atoms with van der Waals surface area (Å²) < 4.78 is 20.5. The van der Waals surface area contributed by atoms with Crippen LogP contribution in [0.2, 0.25) is 0 Å². The van der Waals surface area contributed by atoms with Gasteiger partial charge in [0.05, 0.1) is 0 Å². The first-order valence-electron chi connectivity index (χ1n) is 6.04. The highest BCUT2D eigenvalue weighted by molar-refractivity contribution is 5.98. The van der Waals surface area contributed by atoms with Crippen LogP contribution in [0.1, 0.15) is 21.7 Å². The Balaban J connectivity index is 2.10. The van der Waals surface area contributed by atoms with Gasteiger partial charge in [-0.05, 0) is 32.0 Å². The van der Waals surface area contributed by atoms with E-state index in [1.54, 1.807) is 12.1 Å². The maximum atomic E-state index is 13.3. The smallest absolute Gasteiger partial charge is 0.202 e. The maximum absolute atomic E-state index is 13.3. The number of aromatic nitrogens is 1.